The van der Waals surface area contributed by atoms with E-state index in [-0.39, 0.29) is 11.8 Å². The summed E-state index contributed by atoms with van der Waals surface area (Å²) in [5, 5.41) is 0. The van der Waals surface area contributed by atoms with Crippen LogP contribution in [0, 0.1) is 13.8 Å². The Bertz CT molecular complexity index is 1220. The summed E-state index contributed by atoms with van der Waals surface area (Å²) in [5.74, 6) is -0.108. The predicted octanol–water partition coefficient (Wildman–Crippen LogP) is 5.16. The van der Waals surface area contributed by atoms with Crippen molar-refractivity contribution in [2.75, 3.05) is 36.0 Å². The lowest BCUT2D eigenvalue weighted by molar-refractivity contribution is -0.137. The molecule has 1 aliphatic heterocycles. The molecule has 1 fully saturated rings. The van der Waals surface area contributed by atoms with E-state index in [2.05, 4.69) is 4.98 Å². The molecule has 2 aromatic carbocycles. The molecule has 0 N–H and O–H groups in total. The van der Waals surface area contributed by atoms with Gasteiger partial charge in [-0.2, -0.15) is 13.2 Å². The fourth-order valence-electron chi connectivity index (χ4n) is 3.98. The largest absolute Gasteiger partial charge is 0.458 e. The molecule has 0 atom stereocenters. The first-order valence-electron chi connectivity index (χ1n) is 11.2. The highest BCUT2D eigenvalue weighted by Crippen LogP contribution is 2.32. The zero-order valence-electron chi connectivity index (χ0n) is 19.6. The molecule has 180 valence electrons. The zero-order chi connectivity index (χ0) is 24.6. The van der Waals surface area contributed by atoms with Gasteiger partial charge in [0.05, 0.1) is 22.7 Å². The van der Waals surface area contributed by atoms with Crippen molar-refractivity contribution in [3.05, 3.63) is 58.8 Å². The average molecular weight is 473 g/mol. The summed E-state index contributed by atoms with van der Waals surface area (Å²) >= 11 is 0. The summed E-state index contributed by atoms with van der Waals surface area (Å²) in [6.07, 6.45) is -4.70. The van der Waals surface area contributed by atoms with Gasteiger partial charge in [0.15, 0.2) is 11.5 Å². The molecule has 3 aromatic rings. The van der Waals surface area contributed by atoms with E-state index in [4.69, 9.17) is 9.72 Å². The van der Waals surface area contributed by atoms with Gasteiger partial charge in [-0.3, -0.25) is 0 Å². The van der Waals surface area contributed by atoms with Gasteiger partial charge in [-0.1, -0.05) is 6.07 Å². The molecule has 0 radical (unpaired) electrons. The van der Waals surface area contributed by atoms with Gasteiger partial charge in [0.25, 0.3) is 0 Å². The van der Waals surface area contributed by atoms with Gasteiger partial charge in [-0.25, -0.2) is 14.8 Å². The maximum atomic E-state index is 13.1. The number of nitrogens with zero attached hydrogens (tertiary/aromatic N) is 4. The van der Waals surface area contributed by atoms with Gasteiger partial charge in [0.1, 0.15) is 0 Å². The average Bonchev–Trinajstić information content (AvgIpc) is 2.78. The van der Waals surface area contributed by atoms with E-state index >= 15 is 0 Å². The van der Waals surface area contributed by atoms with E-state index < -0.39 is 17.7 Å². The van der Waals surface area contributed by atoms with Crippen LogP contribution in [0.4, 0.5) is 24.7 Å². The molecule has 2 heterocycles. The number of fused-ring (bicyclic) bond motifs is 1. The summed E-state index contributed by atoms with van der Waals surface area (Å²) in [4.78, 5) is 26.1. The van der Waals surface area contributed by atoms with E-state index in [1.807, 2.05) is 35.8 Å². The van der Waals surface area contributed by atoms with Crippen LogP contribution in [0.5, 0.6) is 0 Å². The van der Waals surface area contributed by atoms with Crippen molar-refractivity contribution in [2.24, 2.45) is 0 Å². The molecule has 0 aliphatic carbocycles. The highest BCUT2D eigenvalue weighted by molar-refractivity contribution is 5.95. The van der Waals surface area contributed by atoms with Crippen LogP contribution in [-0.2, 0) is 10.9 Å². The van der Waals surface area contributed by atoms with Gasteiger partial charge < -0.3 is 14.5 Å². The van der Waals surface area contributed by atoms with Crippen LogP contribution in [-0.4, -0.2) is 48.2 Å². The Kier molecular flexibility index (Phi) is 6.38. The quantitative estimate of drug-likeness (QED) is 0.489. The lowest BCUT2D eigenvalue weighted by Crippen LogP contribution is -2.47. The first-order chi connectivity index (χ1) is 16.0. The monoisotopic (exact) mass is 472 g/mol. The fourth-order valence-corrected chi connectivity index (χ4v) is 3.98. The predicted molar refractivity (Wildman–Crippen MR) is 125 cm³/mol. The third-order valence-corrected chi connectivity index (χ3v) is 5.92. The Labute approximate surface area is 196 Å². The lowest BCUT2D eigenvalue weighted by atomic mass is 10.1. The Morgan fingerprint density at radius 3 is 2.12 bits per heavy atom. The van der Waals surface area contributed by atoms with Gasteiger partial charge in [0.2, 0.25) is 0 Å². The highest BCUT2D eigenvalue weighted by Gasteiger charge is 2.31. The summed E-state index contributed by atoms with van der Waals surface area (Å²) in [6, 6.07) is 9.18. The van der Waals surface area contributed by atoms with E-state index in [9.17, 15) is 18.0 Å². The Balaban J connectivity index is 1.63. The maximum Gasteiger partial charge on any atom is 0.416 e. The molecule has 1 aliphatic rings. The van der Waals surface area contributed by atoms with E-state index in [0.717, 1.165) is 17.2 Å². The molecular formula is C25H27F3N4O2. The Hall–Kier alpha value is -3.36. The SMILES string of the molecule is Cc1cc2nc(C(=O)OC(C)C)c(N3CCN(c4cccc(C(F)(F)F)c4)CC3)nc2cc1C. The standard InChI is InChI=1S/C25H27F3N4O2/c1-15(2)34-24(33)22-23(30-21-13-17(4)16(3)12-20(21)29-22)32-10-8-31(9-11-32)19-7-5-6-18(14-19)25(26,27)28/h5-7,12-15H,8-11H2,1-4H3. The second-order valence-electron chi connectivity index (χ2n) is 8.80. The summed E-state index contributed by atoms with van der Waals surface area (Å²) in [5.41, 5.74) is 3.41. The third-order valence-electron chi connectivity index (χ3n) is 5.92. The number of hydrogen-bond acceptors (Lipinski definition) is 6. The second-order valence-corrected chi connectivity index (χ2v) is 8.80. The van der Waals surface area contributed by atoms with Crippen molar-refractivity contribution in [2.45, 2.75) is 40.0 Å². The number of hydrogen-bond donors (Lipinski definition) is 0. The Morgan fingerprint density at radius 2 is 1.53 bits per heavy atom. The van der Waals surface area contributed by atoms with Gasteiger partial charge in [0, 0.05) is 31.9 Å². The van der Waals surface area contributed by atoms with Gasteiger partial charge in [-0.05, 0) is 69.2 Å². The normalized spacial score (nSPS) is 14.7. The maximum absolute atomic E-state index is 13.1. The summed E-state index contributed by atoms with van der Waals surface area (Å²) in [6.45, 7) is 9.42. The number of carbonyl (C=O) groups is 1. The van der Waals surface area contributed by atoms with Gasteiger partial charge >= 0.3 is 12.1 Å². The zero-order valence-corrected chi connectivity index (χ0v) is 19.6. The number of carbonyl (C=O) groups excluding carboxylic acids is 1. The number of aryl methyl sites for hydroxylation is 2. The number of anilines is 2. The minimum Gasteiger partial charge on any atom is -0.458 e. The Morgan fingerprint density at radius 1 is 0.941 bits per heavy atom. The number of aromatic nitrogens is 2. The molecule has 0 bridgehead atoms. The number of benzene rings is 2. The number of alkyl halides is 3. The summed E-state index contributed by atoms with van der Waals surface area (Å²) < 4.78 is 44.8. The van der Waals surface area contributed by atoms with Crippen LogP contribution in [0.1, 0.15) is 41.0 Å². The van der Waals surface area contributed by atoms with E-state index in [1.54, 1.807) is 19.9 Å². The molecule has 0 amide bonds. The topological polar surface area (TPSA) is 58.6 Å². The third kappa shape index (κ3) is 4.93. The van der Waals surface area contributed by atoms with Crippen molar-refractivity contribution in [3.8, 4) is 0 Å². The van der Waals surface area contributed by atoms with Gasteiger partial charge in [-0.15, -0.1) is 0 Å². The molecule has 4 rings (SSSR count). The number of esters is 1. The molecule has 0 unspecified atom stereocenters. The van der Waals surface area contributed by atoms with Crippen LogP contribution in [0.2, 0.25) is 0 Å². The minimum atomic E-state index is -4.39. The van der Waals surface area contributed by atoms with Crippen LogP contribution in [0.15, 0.2) is 36.4 Å². The lowest BCUT2D eigenvalue weighted by Gasteiger charge is -2.37. The molecule has 1 saturated heterocycles. The van der Waals surface area contributed by atoms with Crippen molar-refractivity contribution >= 4 is 28.5 Å². The molecule has 6 nitrogen and oxygen atoms in total. The van der Waals surface area contributed by atoms with Crippen molar-refractivity contribution < 1.29 is 22.7 Å². The van der Waals surface area contributed by atoms with Crippen molar-refractivity contribution in [1.29, 1.82) is 0 Å². The minimum absolute atomic E-state index is 0.150. The van der Waals surface area contributed by atoms with Crippen LogP contribution < -0.4 is 9.80 Å². The highest BCUT2D eigenvalue weighted by atomic mass is 19.4. The second kappa shape index (κ2) is 9.12. The molecule has 0 saturated carbocycles. The van der Waals surface area contributed by atoms with Crippen LogP contribution in [0.25, 0.3) is 11.0 Å². The smallest absolute Gasteiger partial charge is 0.416 e. The number of halogens is 3. The number of piperazine rings is 1. The fraction of sp³-hybridized carbons (Fsp3) is 0.400. The number of rotatable bonds is 4. The molecule has 34 heavy (non-hydrogen) atoms. The molecule has 9 heteroatoms. The van der Waals surface area contributed by atoms with Crippen molar-refractivity contribution in [3.63, 3.8) is 0 Å². The van der Waals surface area contributed by atoms with Crippen molar-refractivity contribution in [1.82, 2.24) is 9.97 Å². The molecule has 1 aromatic heterocycles. The molecular weight excluding hydrogens is 445 g/mol. The summed E-state index contributed by atoms with van der Waals surface area (Å²) in [7, 11) is 0. The van der Waals surface area contributed by atoms with E-state index in [1.165, 1.54) is 12.1 Å². The van der Waals surface area contributed by atoms with Crippen LogP contribution in [0.3, 0.4) is 0 Å². The van der Waals surface area contributed by atoms with Crippen LogP contribution >= 0.6 is 0 Å². The number of ether oxygens (including phenoxy) is 1. The van der Waals surface area contributed by atoms with E-state index in [0.29, 0.717) is 48.7 Å². The first kappa shape index (κ1) is 23.8. The molecule has 0 spiro atoms. The first-order valence-corrected chi connectivity index (χ1v) is 11.2.